The first-order valence-corrected chi connectivity index (χ1v) is 7.49. The van der Waals surface area contributed by atoms with Crippen molar-refractivity contribution >= 4 is 5.91 Å². The van der Waals surface area contributed by atoms with Crippen LogP contribution in [-0.2, 0) is 11.3 Å². The van der Waals surface area contributed by atoms with Crippen LogP contribution in [0.2, 0.25) is 0 Å². The molecule has 1 aromatic carbocycles. The molecular weight excluding hydrogens is 255 g/mol. The van der Waals surface area contributed by atoms with E-state index in [1.807, 2.05) is 11.0 Å². The summed E-state index contributed by atoms with van der Waals surface area (Å²) in [6.45, 7) is 2.41. The monoisotopic (exact) mass is 276 g/mol. The lowest BCUT2D eigenvalue weighted by atomic mass is 10.0. The van der Waals surface area contributed by atoms with Gasteiger partial charge in [-0.2, -0.15) is 0 Å². The van der Waals surface area contributed by atoms with E-state index in [0.29, 0.717) is 24.4 Å². The molecule has 0 radical (unpaired) electrons. The van der Waals surface area contributed by atoms with E-state index in [4.69, 9.17) is 0 Å². The van der Waals surface area contributed by atoms with Crippen LogP contribution in [0.3, 0.4) is 0 Å². The van der Waals surface area contributed by atoms with Crippen LogP contribution in [0.4, 0.5) is 4.39 Å². The lowest BCUT2D eigenvalue weighted by Crippen LogP contribution is -2.45. The first kappa shape index (κ1) is 13.6. The normalized spacial score (nSPS) is 20.1. The Morgan fingerprint density at radius 3 is 2.65 bits per heavy atom. The Kier molecular flexibility index (Phi) is 4.01. The lowest BCUT2D eigenvalue weighted by molar-refractivity contribution is -0.133. The minimum Gasteiger partial charge on any atom is -0.342 e. The van der Waals surface area contributed by atoms with E-state index in [0.717, 1.165) is 44.3 Å². The van der Waals surface area contributed by atoms with Crippen LogP contribution in [0.25, 0.3) is 0 Å². The zero-order valence-corrected chi connectivity index (χ0v) is 11.6. The third kappa shape index (κ3) is 3.37. The topological polar surface area (TPSA) is 32.3 Å². The zero-order chi connectivity index (χ0) is 13.9. The van der Waals surface area contributed by atoms with E-state index < -0.39 is 0 Å². The third-order valence-electron chi connectivity index (χ3n) is 4.22. The second-order valence-corrected chi connectivity index (χ2v) is 5.88. The Bertz CT molecular complexity index is 479. The van der Waals surface area contributed by atoms with Gasteiger partial charge in [-0.15, -0.1) is 0 Å². The summed E-state index contributed by atoms with van der Waals surface area (Å²) in [5.74, 6) is 0.495. The third-order valence-corrected chi connectivity index (χ3v) is 4.22. The Hall–Kier alpha value is -1.42. The van der Waals surface area contributed by atoms with Crippen LogP contribution < -0.4 is 5.32 Å². The van der Waals surface area contributed by atoms with Crippen molar-refractivity contribution in [1.82, 2.24) is 10.2 Å². The number of likely N-dealkylation sites (tertiary alicyclic amines) is 1. The molecule has 1 saturated heterocycles. The van der Waals surface area contributed by atoms with Crippen molar-refractivity contribution in [2.45, 2.75) is 38.3 Å². The SMILES string of the molecule is O=C(C1CC1)N1CCC(NCc2cccc(F)c2)CC1. The fraction of sp³-hybridized carbons (Fsp3) is 0.562. The molecule has 1 saturated carbocycles. The number of hydrogen-bond acceptors (Lipinski definition) is 2. The predicted molar refractivity (Wildman–Crippen MR) is 75.6 cm³/mol. The number of amides is 1. The average Bonchev–Trinajstić information content (AvgIpc) is 3.30. The van der Waals surface area contributed by atoms with Crippen molar-refractivity contribution in [3.8, 4) is 0 Å². The van der Waals surface area contributed by atoms with Gasteiger partial charge in [-0.25, -0.2) is 4.39 Å². The number of nitrogens with zero attached hydrogens (tertiary/aromatic N) is 1. The van der Waals surface area contributed by atoms with Gasteiger partial charge in [-0.3, -0.25) is 4.79 Å². The summed E-state index contributed by atoms with van der Waals surface area (Å²) in [6.07, 6.45) is 4.15. The summed E-state index contributed by atoms with van der Waals surface area (Å²) in [5.41, 5.74) is 0.974. The van der Waals surface area contributed by atoms with E-state index in [9.17, 15) is 9.18 Å². The van der Waals surface area contributed by atoms with Crippen LogP contribution >= 0.6 is 0 Å². The minimum absolute atomic E-state index is 0.186. The predicted octanol–water partition coefficient (Wildman–Crippen LogP) is 2.32. The molecule has 1 aromatic rings. The molecular formula is C16H21FN2O. The van der Waals surface area contributed by atoms with E-state index in [2.05, 4.69) is 5.32 Å². The van der Waals surface area contributed by atoms with Gasteiger partial charge in [0.05, 0.1) is 0 Å². The molecule has 1 heterocycles. The van der Waals surface area contributed by atoms with Gasteiger partial charge >= 0.3 is 0 Å². The quantitative estimate of drug-likeness (QED) is 0.915. The van der Waals surface area contributed by atoms with E-state index >= 15 is 0 Å². The van der Waals surface area contributed by atoms with Crippen molar-refractivity contribution in [3.63, 3.8) is 0 Å². The highest BCUT2D eigenvalue weighted by molar-refractivity contribution is 5.81. The summed E-state index contributed by atoms with van der Waals surface area (Å²) >= 11 is 0. The fourth-order valence-electron chi connectivity index (χ4n) is 2.80. The molecule has 0 unspecified atom stereocenters. The van der Waals surface area contributed by atoms with Crippen LogP contribution in [0.1, 0.15) is 31.2 Å². The van der Waals surface area contributed by atoms with Gasteiger partial charge in [0.1, 0.15) is 5.82 Å². The number of carbonyl (C=O) groups is 1. The van der Waals surface area contributed by atoms with Gasteiger partial charge in [0.25, 0.3) is 0 Å². The highest BCUT2D eigenvalue weighted by Crippen LogP contribution is 2.31. The van der Waals surface area contributed by atoms with Crippen molar-refractivity contribution in [2.24, 2.45) is 5.92 Å². The van der Waals surface area contributed by atoms with Gasteiger partial charge < -0.3 is 10.2 Å². The maximum atomic E-state index is 13.1. The van der Waals surface area contributed by atoms with E-state index in [-0.39, 0.29) is 5.82 Å². The molecule has 3 nitrogen and oxygen atoms in total. The number of carbonyl (C=O) groups excluding carboxylic acids is 1. The molecule has 1 aliphatic heterocycles. The fourth-order valence-corrected chi connectivity index (χ4v) is 2.80. The molecule has 0 bridgehead atoms. The first-order chi connectivity index (χ1) is 9.72. The van der Waals surface area contributed by atoms with Gasteiger partial charge in [0.2, 0.25) is 5.91 Å². The molecule has 1 N–H and O–H groups in total. The molecule has 0 spiro atoms. The minimum atomic E-state index is -0.186. The number of benzene rings is 1. The standard InChI is InChI=1S/C16H21FN2O/c17-14-3-1-2-12(10-14)11-18-15-6-8-19(9-7-15)16(20)13-4-5-13/h1-3,10,13,15,18H,4-9,11H2. The molecule has 2 fully saturated rings. The molecule has 4 heteroatoms. The molecule has 1 amide bonds. The van der Waals surface area contributed by atoms with Crippen molar-refractivity contribution in [2.75, 3.05) is 13.1 Å². The lowest BCUT2D eigenvalue weighted by Gasteiger charge is -2.32. The maximum absolute atomic E-state index is 13.1. The van der Waals surface area contributed by atoms with Gasteiger partial charge in [0.15, 0.2) is 0 Å². The van der Waals surface area contributed by atoms with Crippen LogP contribution in [0.5, 0.6) is 0 Å². The van der Waals surface area contributed by atoms with E-state index in [1.54, 1.807) is 12.1 Å². The average molecular weight is 276 g/mol. The summed E-state index contributed by atoms with van der Waals surface area (Å²) in [4.78, 5) is 14.0. The van der Waals surface area contributed by atoms with Crippen LogP contribution in [0.15, 0.2) is 24.3 Å². The molecule has 3 rings (SSSR count). The molecule has 0 atom stereocenters. The Labute approximate surface area is 119 Å². The highest BCUT2D eigenvalue weighted by Gasteiger charge is 2.34. The van der Waals surface area contributed by atoms with Gasteiger partial charge in [0, 0.05) is 31.6 Å². The number of piperidine rings is 1. The Morgan fingerprint density at radius 1 is 1.25 bits per heavy atom. The second kappa shape index (κ2) is 5.92. The van der Waals surface area contributed by atoms with Crippen molar-refractivity contribution < 1.29 is 9.18 Å². The molecule has 108 valence electrons. The van der Waals surface area contributed by atoms with Crippen molar-refractivity contribution in [1.29, 1.82) is 0 Å². The summed E-state index contributed by atoms with van der Waals surface area (Å²) in [7, 11) is 0. The number of nitrogens with one attached hydrogen (secondary N) is 1. The summed E-state index contributed by atoms with van der Waals surface area (Å²) in [6, 6.07) is 7.14. The first-order valence-electron chi connectivity index (χ1n) is 7.49. The number of rotatable bonds is 4. The molecule has 2 aliphatic rings. The summed E-state index contributed by atoms with van der Waals surface area (Å²) < 4.78 is 13.1. The molecule has 20 heavy (non-hydrogen) atoms. The van der Waals surface area contributed by atoms with Gasteiger partial charge in [-0.1, -0.05) is 12.1 Å². The van der Waals surface area contributed by atoms with E-state index in [1.165, 1.54) is 6.07 Å². The summed E-state index contributed by atoms with van der Waals surface area (Å²) in [5, 5.41) is 3.46. The van der Waals surface area contributed by atoms with Crippen molar-refractivity contribution in [3.05, 3.63) is 35.6 Å². The number of halogens is 1. The Balaban J connectivity index is 1.43. The Morgan fingerprint density at radius 2 is 2.00 bits per heavy atom. The molecule has 0 aromatic heterocycles. The highest BCUT2D eigenvalue weighted by atomic mass is 19.1. The van der Waals surface area contributed by atoms with Gasteiger partial charge in [-0.05, 0) is 43.4 Å². The maximum Gasteiger partial charge on any atom is 0.225 e. The second-order valence-electron chi connectivity index (χ2n) is 5.88. The van der Waals surface area contributed by atoms with Crippen LogP contribution in [0, 0.1) is 11.7 Å². The smallest absolute Gasteiger partial charge is 0.225 e. The molecule has 1 aliphatic carbocycles. The number of hydrogen-bond donors (Lipinski definition) is 1. The zero-order valence-electron chi connectivity index (χ0n) is 11.6. The largest absolute Gasteiger partial charge is 0.342 e. The van der Waals surface area contributed by atoms with Crippen LogP contribution in [-0.4, -0.2) is 29.9 Å².